The third-order valence-electron chi connectivity index (χ3n) is 10.7. The number of carbonyl (C=O) groups excluding carboxylic acids is 4. The third kappa shape index (κ3) is 30.8. The number of rotatable bonds is 27. The van der Waals surface area contributed by atoms with Crippen LogP contribution in [0.25, 0.3) is 0 Å². The van der Waals surface area contributed by atoms with E-state index < -0.39 is 88.7 Å². The molecule has 0 heterocycles. The van der Waals surface area contributed by atoms with Crippen LogP contribution in [0.4, 0.5) is 0 Å². The average molecular weight is 938 g/mol. The van der Waals surface area contributed by atoms with E-state index in [0.29, 0.717) is 13.0 Å². The van der Waals surface area contributed by atoms with Crippen LogP contribution < -0.4 is 5.32 Å². The van der Waals surface area contributed by atoms with E-state index in [0.717, 1.165) is 24.2 Å². The van der Waals surface area contributed by atoms with Crippen molar-refractivity contribution < 1.29 is 93.2 Å². The molecule has 0 aliphatic carbocycles. The summed E-state index contributed by atoms with van der Waals surface area (Å²) in [5, 5.41) is 63.6. The van der Waals surface area contributed by atoms with Crippen molar-refractivity contribution in [2.45, 2.75) is 128 Å². The molecule has 5 unspecified atom stereocenters. The van der Waals surface area contributed by atoms with Crippen LogP contribution in [0.15, 0.2) is 0 Å². The van der Waals surface area contributed by atoms with Gasteiger partial charge in [-0.3, -0.25) is 52.7 Å². The van der Waals surface area contributed by atoms with Gasteiger partial charge in [-0.05, 0) is 11.8 Å². The van der Waals surface area contributed by atoms with Gasteiger partial charge in [-0.2, -0.15) is 0 Å². The van der Waals surface area contributed by atoms with Crippen molar-refractivity contribution in [3.63, 3.8) is 0 Å². The van der Waals surface area contributed by atoms with Crippen LogP contribution in [0, 0.1) is 40.4 Å². The van der Waals surface area contributed by atoms with Gasteiger partial charge in [-0.25, -0.2) is 0 Å². The number of hydrogen-bond acceptors (Lipinski definition) is 12. The van der Waals surface area contributed by atoms with E-state index in [2.05, 4.69) is 10.1 Å². The van der Waals surface area contributed by atoms with Crippen LogP contribution in [0.5, 0.6) is 0 Å². The smallest absolute Gasteiger partial charge is 0.309 e. The molecule has 0 aromatic heterocycles. The summed E-state index contributed by atoms with van der Waals surface area (Å²) in [6, 6.07) is 0. The Morgan fingerprint density at radius 1 is 0.554 bits per heavy atom. The maximum absolute atomic E-state index is 12.4. The van der Waals surface area contributed by atoms with Crippen molar-refractivity contribution in [3.05, 3.63) is 0 Å². The Labute approximate surface area is 381 Å². The molecule has 376 valence electrons. The lowest BCUT2D eigenvalue weighted by atomic mass is 9.78. The first-order chi connectivity index (χ1) is 29.7. The maximum Gasteiger partial charge on any atom is 0.309 e. The zero-order valence-electron chi connectivity index (χ0n) is 40.0. The molecular formula is C43H75N3O19. The van der Waals surface area contributed by atoms with Crippen LogP contribution in [0.1, 0.15) is 128 Å². The molecule has 22 nitrogen and oxygen atoms in total. The minimum Gasteiger partial charge on any atom is -0.481 e. The molecule has 0 aliphatic rings. The molecular weight excluding hydrogens is 862 g/mol. The van der Waals surface area contributed by atoms with Crippen LogP contribution in [-0.4, -0.2) is 151 Å². The Bertz CT molecular complexity index is 1540. The highest BCUT2D eigenvalue weighted by atomic mass is 16.5. The number of amides is 3. The van der Waals surface area contributed by atoms with Gasteiger partial charge < -0.3 is 55.6 Å². The molecule has 3 amide bonds. The van der Waals surface area contributed by atoms with E-state index in [9.17, 15) is 52.7 Å². The van der Waals surface area contributed by atoms with E-state index in [1.165, 1.54) is 46.6 Å². The minimum atomic E-state index is -1.26. The molecule has 0 aromatic rings. The topological polar surface area (TPSA) is 357 Å². The summed E-state index contributed by atoms with van der Waals surface area (Å²) in [7, 11) is 1.24. The van der Waals surface area contributed by atoms with Crippen LogP contribution in [-0.2, 0) is 57.5 Å². The number of ether oxygens (including phenoxy) is 1. The number of carbonyl (C=O) groups is 11. The lowest BCUT2D eigenvalue weighted by Crippen LogP contribution is -2.47. The summed E-state index contributed by atoms with van der Waals surface area (Å²) >= 11 is 0. The fraction of sp³-hybridized carbons (Fsp3) is 0.744. The summed E-state index contributed by atoms with van der Waals surface area (Å²) in [4.78, 5) is 123. The standard InChI is InChI=1S/C13H21NO7.C13H23NO5.C10H19NO3.C7H12O4/c1-8(11(19)20)13(2,3)12(21)14(6-4-9(15)16)7-5-10(17)18;1-4-13(2,3)9-10(15)14(7-5-11(16)17)8-6-12(18)19;1-4-5-6-11-9(12)7(2)8(3)10(13)14;1-4(6(8)9)5(2)7(10)11-3/h8H,4-7H2,1-3H3,(H,15,16)(H,17,18)(H,19,20);4-9H2,1-3H3,(H,16,17)(H,18,19);7-8H,4-6H2,1-3H3,(H,11,12)(H,13,14);4-5H,1-3H3,(H,8,9). The van der Waals surface area contributed by atoms with Gasteiger partial charge in [0.1, 0.15) is 0 Å². The number of carboxylic acid groups (broad SMARTS) is 7. The second kappa shape index (κ2) is 33.6. The number of nitrogens with one attached hydrogen (secondary N) is 1. The maximum atomic E-state index is 12.4. The Hall–Kier alpha value is -5.83. The highest BCUT2D eigenvalue weighted by molar-refractivity contribution is 5.88. The first-order valence-corrected chi connectivity index (χ1v) is 21.2. The van der Waals surface area contributed by atoms with Crippen molar-refractivity contribution >= 4 is 65.5 Å². The van der Waals surface area contributed by atoms with E-state index in [1.807, 2.05) is 27.7 Å². The van der Waals surface area contributed by atoms with E-state index >= 15 is 0 Å². The largest absolute Gasteiger partial charge is 0.481 e. The van der Waals surface area contributed by atoms with E-state index in [-0.39, 0.29) is 69.1 Å². The van der Waals surface area contributed by atoms with Crippen LogP contribution in [0.2, 0.25) is 0 Å². The van der Waals surface area contributed by atoms with Gasteiger partial charge in [0, 0.05) is 45.1 Å². The quantitative estimate of drug-likeness (QED) is 0.0428. The predicted molar refractivity (Wildman–Crippen MR) is 233 cm³/mol. The second-order valence-corrected chi connectivity index (χ2v) is 16.7. The fourth-order valence-corrected chi connectivity index (χ4v) is 4.74. The molecule has 0 fully saturated rings. The zero-order chi connectivity index (χ0) is 52.0. The van der Waals surface area contributed by atoms with Crippen LogP contribution in [0.3, 0.4) is 0 Å². The number of esters is 1. The highest BCUT2D eigenvalue weighted by Crippen LogP contribution is 2.30. The van der Waals surface area contributed by atoms with Gasteiger partial charge in [0.15, 0.2) is 0 Å². The highest BCUT2D eigenvalue weighted by Gasteiger charge is 2.41. The summed E-state index contributed by atoms with van der Waals surface area (Å²) in [6.07, 6.45) is 2.07. The Morgan fingerprint density at radius 2 is 0.923 bits per heavy atom. The molecule has 22 heteroatoms. The van der Waals surface area contributed by atoms with Gasteiger partial charge in [-0.15, -0.1) is 0 Å². The number of methoxy groups -OCH3 is 1. The molecule has 0 aromatic carbocycles. The molecule has 0 saturated carbocycles. The molecule has 5 atom stereocenters. The number of hydrogen-bond donors (Lipinski definition) is 8. The van der Waals surface area contributed by atoms with Crippen molar-refractivity contribution in [1.82, 2.24) is 15.1 Å². The molecule has 0 rings (SSSR count). The van der Waals surface area contributed by atoms with Gasteiger partial charge in [0.25, 0.3) is 0 Å². The summed E-state index contributed by atoms with van der Waals surface area (Å²) < 4.78 is 4.38. The van der Waals surface area contributed by atoms with Crippen LogP contribution >= 0.6 is 0 Å². The van der Waals surface area contributed by atoms with E-state index in [4.69, 9.17) is 35.7 Å². The first-order valence-electron chi connectivity index (χ1n) is 21.2. The van der Waals surface area contributed by atoms with Gasteiger partial charge >= 0.3 is 47.8 Å². The predicted octanol–water partition coefficient (Wildman–Crippen LogP) is 3.88. The van der Waals surface area contributed by atoms with Gasteiger partial charge in [0.2, 0.25) is 17.7 Å². The lowest BCUT2D eigenvalue weighted by Gasteiger charge is -2.34. The van der Waals surface area contributed by atoms with E-state index in [1.54, 1.807) is 13.8 Å². The molecule has 65 heavy (non-hydrogen) atoms. The Morgan fingerprint density at radius 3 is 1.23 bits per heavy atom. The van der Waals surface area contributed by atoms with Gasteiger partial charge in [0.05, 0.1) is 61.9 Å². The monoisotopic (exact) mass is 937 g/mol. The molecule has 0 aliphatic heterocycles. The van der Waals surface area contributed by atoms with Crippen molar-refractivity contribution in [2.24, 2.45) is 40.4 Å². The normalized spacial score (nSPS) is 13.0. The number of nitrogens with zero attached hydrogens (tertiary/aromatic N) is 2. The summed E-state index contributed by atoms with van der Waals surface area (Å²) in [5.41, 5.74) is -1.43. The second-order valence-electron chi connectivity index (χ2n) is 16.7. The zero-order valence-corrected chi connectivity index (χ0v) is 40.0. The Balaban J connectivity index is -0.000000392. The fourth-order valence-electron chi connectivity index (χ4n) is 4.74. The van der Waals surface area contributed by atoms with Crippen molar-refractivity contribution in [2.75, 3.05) is 39.8 Å². The summed E-state index contributed by atoms with van der Waals surface area (Å²) in [5.74, 6) is -12.1. The number of unbranched alkanes of at least 4 members (excludes halogenated alkanes) is 1. The molecule has 0 bridgehead atoms. The molecule has 0 saturated heterocycles. The van der Waals surface area contributed by atoms with Gasteiger partial charge in [-0.1, -0.05) is 89.0 Å². The van der Waals surface area contributed by atoms with Crippen molar-refractivity contribution in [3.8, 4) is 0 Å². The molecule has 0 radical (unpaired) electrons. The average Bonchev–Trinajstić information content (AvgIpc) is 3.21. The minimum absolute atomic E-state index is 0.0568. The number of carboxylic acids is 7. The number of aliphatic carboxylic acids is 7. The molecule has 0 spiro atoms. The third-order valence-corrected chi connectivity index (χ3v) is 10.7. The Kier molecular flexibility index (Phi) is 34.1. The molecule has 8 N–H and O–H groups in total. The first kappa shape index (κ1) is 65.8. The van der Waals surface area contributed by atoms with Crippen molar-refractivity contribution in [1.29, 1.82) is 0 Å². The SMILES string of the molecule is CC(C(=O)O)C(C)(C)C(=O)N(CCC(=O)O)CCC(=O)O.CCC(C)(C)CC(=O)N(CCC(=O)O)CCC(=O)O.CCCCNC(=O)C(C)C(C)C(=O)O.COC(=O)C(C)C(C)C(=O)O. The summed E-state index contributed by atoms with van der Waals surface area (Å²) in [6.45, 7) is 18.8. The lowest BCUT2D eigenvalue weighted by molar-refractivity contribution is -0.156.